The van der Waals surface area contributed by atoms with Crippen LogP contribution in [0.3, 0.4) is 0 Å². The largest absolute Gasteiger partial charge is 0.367 e. The van der Waals surface area contributed by atoms with Crippen molar-refractivity contribution in [2.75, 3.05) is 45.2 Å². The molecule has 1 aliphatic rings. The second-order valence-electron chi connectivity index (χ2n) is 7.14. The number of anilines is 1. The number of carbonyl (C=O) groups is 1. The molecule has 0 aromatic heterocycles. The van der Waals surface area contributed by atoms with Crippen molar-refractivity contribution >= 4 is 41.5 Å². The molecule has 0 radical (unpaired) electrons. The number of rotatable bonds is 6. The van der Waals surface area contributed by atoms with Crippen molar-refractivity contribution in [3.05, 3.63) is 42.2 Å². The van der Waals surface area contributed by atoms with Gasteiger partial charge >= 0.3 is 0 Å². The Hall–Kier alpha value is -1.84. The van der Waals surface area contributed by atoms with Crippen molar-refractivity contribution in [1.82, 2.24) is 15.5 Å². The minimum Gasteiger partial charge on any atom is -0.367 e. The van der Waals surface area contributed by atoms with Gasteiger partial charge in [0.1, 0.15) is 12.4 Å². The third-order valence-electron chi connectivity index (χ3n) is 4.38. The number of nitrogens with zero attached hydrogens (tertiary/aromatic N) is 3. The van der Waals surface area contributed by atoms with Gasteiger partial charge in [0, 0.05) is 39.8 Å². The minimum atomic E-state index is -0.205. The van der Waals surface area contributed by atoms with E-state index in [4.69, 9.17) is 0 Å². The molecule has 2 N–H and O–H groups in total. The summed E-state index contributed by atoms with van der Waals surface area (Å²) in [6.07, 6.45) is 1.91. The molecular formula is C20H31FIN5O. The molecule has 28 heavy (non-hydrogen) atoms. The molecule has 1 unspecified atom stereocenters. The zero-order chi connectivity index (χ0) is 19.8. The highest BCUT2D eigenvalue weighted by Crippen LogP contribution is 2.22. The molecule has 6 nitrogen and oxygen atoms in total. The van der Waals surface area contributed by atoms with Gasteiger partial charge < -0.3 is 20.4 Å². The lowest BCUT2D eigenvalue weighted by Crippen LogP contribution is -2.51. The summed E-state index contributed by atoms with van der Waals surface area (Å²) < 4.78 is 14.1. The second kappa shape index (κ2) is 11.9. The normalized spacial score (nSPS) is 16.8. The minimum absolute atomic E-state index is 0. The molecular weight excluding hydrogens is 472 g/mol. The number of guanidine groups is 1. The quantitative estimate of drug-likeness (QED) is 0.271. The molecule has 8 heteroatoms. The first kappa shape index (κ1) is 24.2. The molecule has 1 aromatic carbocycles. The van der Waals surface area contributed by atoms with Crippen LogP contribution in [0.15, 0.2) is 41.4 Å². The lowest BCUT2D eigenvalue weighted by Gasteiger charge is -2.35. The fraction of sp³-hybridized carbons (Fsp3) is 0.500. The van der Waals surface area contributed by atoms with Crippen LogP contribution in [-0.2, 0) is 4.79 Å². The summed E-state index contributed by atoms with van der Waals surface area (Å²) in [5, 5.41) is 6.59. The number of para-hydroxylation sites is 1. The predicted octanol–water partition coefficient (Wildman–Crippen LogP) is 2.61. The van der Waals surface area contributed by atoms with E-state index in [2.05, 4.69) is 27.1 Å². The van der Waals surface area contributed by atoms with Gasteiger partial charge in [-0.3, -0.25) is 4.79 Å². The number of hydrogen-bond acceptors (Lipinski definition) is 3. The van der Waals surface area contributed by atoms with E-state index >= 15 is 0 Å². The summed E-state index contributed by atoms with van der Waals surface area (Å²) in [5.74, 6) is 0.306. The smallest absolute Gasteiger partial charge is 0.243 e. The average Bonchev–Trinajstić information content (AvgIpc) is 2.64. The van der Waals surface area contributed by atoms with Gasteiger partial charge in [-0.25, -0.2) is 9.38 Å². The van der Waals surface area contributed by atoms with Crippen molar-refractivity contribution in [3.63, 3.8) is 0 Å². The zero-order valence-corrected chi connectivity index (χ0v) is 19.2. The third kappa shape index (κ3) is 7.65. The number of amides is 1. The lowest BCUT2D eigenvalue weighted by molar-refractivity contribution is -0.127. The number of likely N-dealkylation sites (N-methyl/N-ethyl adjacent to an activating group) is 1. The van der Waals surface area contributed by atoms with E-state index in [0.29, 0.717) is 24.7 Å². The zero-order valence-electron chi connectivity index (χ0n) is 16.9. The van der Waals surface area contributed by atoms with Gasteiger partial charge in [0.25, 0.3) is 0 Å². The summed E-state index contributed by atoms with van der Waals surface area (Å²) in [4.78, 5) is 19.8. The first-order chi connectivity index (χ1) is 12.9. The summed E-state index contributed by atoms with van der Waals surface area (Å²) >= 11 is 0. The summed E-state index contributed by atoms with van der Waals surface area (Å²) in [5.41, 5.74) is 1.60. The van der Waals surface area contributed by atoms with Crippen LogP contribution in [0.1, 0.15) is 19.8 Å². The Morgan fingerprint density at radius 3 is 2.75 bits per heavy atom. The topological polar surface area (TPSA) is 60.0 Å². The molecule has 0 saturated carbocycles. The molecule has 0 bridgehead atoms. The number of halogens is 2. The molecule has 156 valence electrons. The molecule has 0 spiro atoms. The van der Waals surface area contributed by atoms with Gasteiger partial charge in [-0.15, -0.1) is 24.0 Å². The van der Waals surface area contributed by atoms with Crippen molar-refractivity contribution < 1.29 is 9.18 Å². The highest BCUT2D eigenvalue weighted by atomic mass is 127. The molecule has 1 atom stereocenters. The predicted molar refractivity (Wildman–Crippen MR) is 124 cm³/mol. The highest BCUT2D eigenvalue weighted by Gasteiger charge is 2.22. The Labute approximate surface area is 184 Å². The van der Waals surface area contributed by atoms with Gasteiger partial charge in [-0.2, -0.15) is 0 Å². The van der Waals surface area contributed by atoms with E-state index in [1.165, 1.54) is 11.0 Å². The average molecular weight is 503 g/mol. The van der Waals surface area contributed by atoms with Gasteiger partial charge in [-0.1, -0.05) is 24.3 Å². The Balaban J connectivity index is 0.00000392. The maximum atomic E-state index is 14.1. The van der Waals surface area contributed by atoms with Crippen LogP contribution in [0.25, 0.3) is 0 Å². The van der Waals surface area contributed by atoms with Crippen LogP contribution in [0.2, 0.25) is 0 Å². The first-order valence-electron chi connectivity index (χ1n) is 9.25. The van der Waals surface area contributed by atoms with E-state index in [1.54, 1.807) is 20.2 Å². The summed E-state index contributed by atoms with van der Waals surface area (Å²) in [7, 11) is 3.42. The van der Waals surface area contributed by atoms with E-state index in [-0.39, 0.29) is 48.3 Å². The number of benzene rings is 1. The number of piperidine rings is 1. The van der Waals surface area contributed by atoms with E-state index in [9.17, 15) is 9.18 Å². The number of carbonyl (C=O) groups excluding carboxylic acids is 1. The number of aliphatic imine (C=N–C) groups is 1. The summed E-state index contributed by atoms with van der Waals surface area (Å²) in [6.45, 7) is 7.96. The Kier molecular flexibility index (Phi) is 10.3. The SMILES string of the molecule is C=C(C)CNC(=NCC(=O)N(C)C)NC1CCCN(c2ccccc2F)C1.I. The fourth-order valence-corrected chi connectivity index (χ4v) is 2.89. The molecule has 1 aromatic rings. The number of nitrogens with one attached hydrogen (secondary N) is 2. The van der Waals surface area contributed by atoms with Crippen LogP contribution in [0.5, 0.6) is 0 Å². The molecule has 0 aliphatic carbocycles. The van der Waals surface area contributed by atoms with Crippen LogP contribution in [0.4, 0.5) is 10.1 Å². The van der Waals surface area contributed by atoms with Crippen molar-refractivity contribution in [3.8, 4) is 0 Å². The van der Waals surface area contributed by atoms with Gasteiger partial charge in [0.05, 0.1) is 5.69 Å². The van der Waals surface area contributed by atoms with Crippen LogP contribution >= 0.6 is 24.0 Å². The highest BCUT2D eigenvalue weighted by molar-refractivity contribution is 14.0. The lowest BCUT2D eigenvalue weighted by atomic mass is 10.0. The molecule has 1 aliphatic heterocycles. The standard InChI is InChI=1S/C20H30FN5O.HI/c1-15(2)12-22-20(23-13-19(27)25(3)4)24-16-8-7-11-26(14-16)18-10-6-5-9-17(18)21;/h5-6,9-10,16H,1,7-8,11-14H2,2-4H3,(H2,22,23,24);1H. The van der Waals surface area contributed by atoms with Crippen molar-refractivity contribution in [1.29, 1.82) is 0 Å². The Morgan fingerprint density at radius 2 is 2.11 bits per heavy atom. The van der Waals surface area contributed by atoms with E-state index in [0.717, 1.165) is 25.0 Å². The third-order valence-corrected chi connectivity index (χ3v) is 4.38. The van der Waals surface area contributed by atoms with Gasteiger partial charge in [0.2, 0.25) is 5.91 Å². The second-order valence-corrected chi connectivity index (χ2v) is 7.14. The molecule has 1 amide bonds. The Bertz CT molecular complexity index is 695. The van der Waals surface area contributed by atoms with Crippen LogP contribution in [0, 0.1) is 5.82 Å². The molecule has 2 rings (SSSR count). The van der Waals surface area contributed by atoms with Gasteiger partial charge in [0.15, 0.2) is 5.96 Å². The fourth-order valence-electron chi connectivity index (χ4n) is 2.89. The van der Waals surface area contributed by atoms with Crippen molar-refractivity contribution in [2.45, 2.75) is 25.8 Å². The van der Waals surface area contributed by atoms with Gasteiger partial charge in [-0.05, 0) is 31.9 Å². The molecule has 1 fully saturated rings. The van der Waals surface area contributed by atoms with E-state index < -0.39 is 0 Å². The molecule has 1 saturated heterocycles. The monoisotopic (exact) mass is 503 g/mol. The van der Waals surface area contributed by atoms with Crippen LogP contribution in [-0.4, -0.2) is 63.1 Å². The first-order valence-corrected chi connectivity index (χ1v) is 9.25. The Morgan fingerprint density at radius 1 is 1.39 bits per heavy atom. The molecule has 1 heterocycles. The maximum Gasteiger partial charge on any atom is 0.243 e. The maximum absolute atomic E-state index is 14.1. The van der Waals surface area contributed by atoms with E-state index in [1.807, 2.05) is 19.1 Å². The van der Waals surface area contributed by atoms with Crippen LogP contribution < -0.4 is 15.5 Å². The number of hydrogen-bond donors (Lipinski definition) is 2. The summed E-state index contributed by atoms with van der Waals surface area (Å²) in [6, 6.07) is 6.96. The van der Waals surface area contributed by atoms with Crippen molar-refractivity contribution in [2.24, 2.45) is 4.99 Å².